The zero-order chi connectivity index (χ0) is 12.4. The maximum absolute atomic E-state index is 11.8. The van der Waals surface area contributed by atoms with Crippen molar-refractivity contribution >= 4 is 17.4 Å². The van der Waals surface area contributed by atoms with Crippen LogP contribution in [0.4, 0.5) is 0 Å². The summed E-state index contributed by atoms with van der Waals surface area (Å²) in [5, 5.41) is 0.655. The van der Waals surface area contributed by atoms with Crippen LogP contribution in [0.1, 0.15) is 24.5 Å². The number of Topliss-reactive ketones (excluding diaryl/α,β-unsaturated/α-hetero) is 1. The number of benzene rings is 1. The second kappa shape index (κ2) is 5.07. The van der Waals surface area contributed by atoms with E-state index in [-0.39, 0.29) is 5.78 Å². The molecule has 1 heterocycles. The Morgan fingerprint density at radius 2 is 2.35 bits per heavy atom. The van der Waals surface area contributed by atoms with E-state index in [0.717, 1.165) is 23.3 Å². The zero-order valence-corrected chi connectivity index (χ0v) is 10.6. The summed E-state index contributed by atoms with van der Waals surface area (Å²) >= 11 is 6.03. The molecule has 0 amide bonds. The molecule has 1 aliphatic heterocycles. The minimum Gasteiger partial charge on any atom is -0.493 e. The van der Waals surface area contributed by atoms with E-state index in [2.05, 4.69) is 0 Å². The van der Waals surface area contributed by atoms with Gasteiger partial charge in [0.05, 0.1) is 12.6 Å². The van der Waals surface area contributed by atoms with Gasteiger partial charge in [-0.2, -0.15) is 0 Å². The van der Waals surface area contributed by atoms with Gasteiger partial charge in [-0.15, -0.1) is 0 Å². The number of rotatable bonds is 4. The maximum atomic E-state index is 11.8. The Labute approximate surface area is 106 Å². The van der Waals surface area contributed by atoms with Crippen LogP contribution >= 0.6 is 11.6 Å². The first-order valence-corrected chi connectivity index (χ1v) is 6.22. The van der Waals surface area contributed by atoms with Crippen LogP contribution in [0.15, 0.2) is 12.1 Å². The Kier molecular flexibility index (Phi) is 3.69. The normalized spacial score (nSPS) is 15.2. The number of ketones is 1. The minimum atomic E-state index is -0.397. The van der Waals surface area contributed by atoms with Crippen LogP contribution in [0.25, 0.3) is 0 Å². The standard InChI is InChI=1S/C13H16ClNO2/c1-2-11(15)12(16)7-9-6-10(14)5-8-3-4-17-13(8)9/h5-6,11H,2-4,7,15H2,1H3. The molecule has 4 heteroatoms. The van der Waals surface area contributed by atoms with Crippen LogP contribution in [-0.2, 0) is 17.6 Å². The second-order valence-electron chi connectivity index (χ2n) is 4.31. The van der Waals surface area contributed by atoms with Crippen molar-refractivity contribution in [2.75, 3.05) is 6.61 Å². The van der Waals surface area contributed by atoms with Crippen LogP contribution in [0.5, 0.6) is 5.75 Å². The average Bonchev–Trinajstić information content (AvgIpc) is 2.75. The van der Waals surface area contributed by atoms with E-state index in [0.29, 0.717) is 24.5 Å². The van der Waals surface area contributed by atoms with Gasteiger partial charge in [0.25, 0.3) is 0 Å². The van der Waals surface area contributed by atoms with Gasteiger partial charge in [0, 0.05) is 23.4 Å². The van der Waals surface area contributed by atoms with E-state index >= 15 is 0 Å². The number of carbonyl (C=O) groups is 1. The molecule has 1 aromatic carbocycles. The summed E-state index contributed by atoms with van der Waals surface area (Å²) in [5.41, 5.74) is 7.67. The SMILES string of the molecule is CCC(N)C(=O)Cc1cc(Cl)cc2c1OCC2. The van der Waals surface area contributed by atoms with E-state index in [9.17, 15) is 4.79 Å². The Hall–Kier alpha value is -1.06. The fourth-order valence-electron chi connectivity index (χ4n) is 2.02. The van der Waals surface area contributed by atoms with Gasteiger partial charge in [0.2, 0.25) is 0 Å². The van der Waals surface area contributed by atoms with Gasteiger partial charge in [-0.25, -0.2) is 0 Å². The summed E-state index contributed by atoms with van der Waals surface area (Å²) in [4.78, 5) is 11.8. The van der Waals surface area contributed by atoms with E-state index in [1.54, 1.807) is 6.07 Å². The zero-order valence-electron chi connectivity index (χ0n) is 9.83. The van der Waals surface area contributed by atoms with E-state index in [4.69, 9.17) is 22.1 Å². The first kappa shape index (κ1) is 12.4. The van der Waals surface area contributed by atoms with Crippen LogP contribution in [0, 0.1) is 0 Å². The predicted molar refractivity (Wildman–Crippen MR) is 67.6 cm³/mol. The molecule has 92 valence electrons. The third-order valence-corrected chi connectivity index (χ3v) is 3.26. The number of fused-ring (bicyclic) bond motifs is 1. The first-order chi connectivity index (χ1) is 8.11. The molecule has 17 heavy (non-hydrogen) atoms. The van der Waals surface area contributed by atoms with Crippen LogP contribution < -0.4 is 10.5 Å². The topological polar surface area (TPSA) is 52.3 Å². The van der Waals surface area contributed by atoms with Crippen molar-refractivity contribution in [2.45, 2.75) is 32.2 Å². The fraction of sp³-hybridized carbons (Fsp3) is 0.462. The van der Waals surface area contributed by atoms with E-state index in [1.807, 2.05) is 13.0 Å². The van der Waals surface area contributed by atoms with Gasteiger partial charge in [-0.05, 0) is 24.1 Å². The number of nitrogens with two attached hydrogens (primary N) is 1. The van der Waals surface area contributed by atoms with Crippen molar-refractivity contribution in [2.24, 2.45) is 5.73 Å². The molecule has 0 fully saturated rings. The summed E-state index contributed by atoms with van der Waals surface area (Å²) in [5.74, 6) is 0.860. The number of ether oxygens (including phenoxy) is 1. The van der Waals surface area contributed by atoms with Crippen molar-refractivity contribution in [3.05, 3.63) is 28.3 Å². The van der Waals surface area contributed by atoms with Gasteiger partial charge in [-0.1, -0.05) is 18.5 Å². The molecule has 0 aromatic heterocycles. The lowest BCUT2D eigenvalue weighted by Gasteiger charge is -2.11. The molecule has 1 aliphatic rings. The Morgan fingerprint density at radius 1 is 1.59 bits per heavy atom. The van der Waals surface area contributed by atoms with Crippen molar-refractivity contribution in [1.82, 2.24) is 0 Å². The molecule has 2 rings (SSSR count). The largest absolute Gasteiger partial charge is 0.493 e. The molecule has 1 unspecified atom stereocenters. The summed E-state index contributed by atoms with van der Waals surface area (Å²) in [6.45, 7) is 2.57. The third-order valence-electron chi connectivity index (χ3n) is 3.04. The van der Waals surface area contributed by atoms with Crippen LogP contribution in [-0.4, -0.2) is 18.4 Å². The molecule has 0 bridgehead atoms. The monoisotopic (exact) mass is 253 g/mol. The predicted octanol–water partition coefficient (Wildman–Crippen LogP) is 2.12. The summed E-state index contributed by atoms with van der Waals surface area (Å²) < 4.78 is 5.55. The van der Waals surface area contributed by atoms with Gasteiger partial charge in [-0.3, -0.25) is 4.79 Å². The highest BCUT2D eigenvalue weighted by atomic mass is 35.5. The second-order valence-corrected chi connectivity index (χ2v) is 4.75. The van der Waals surface area contributed by atoms with Crippen molar-refractivity contribution in [1.29, 1.82) is 0 Å². The molecule has 0 saturated carbocycles. The van der Waals surface area contributed by atoms with Gasteiger partial charge < -0.3 is 10.5 Å². The lowest BCUT2D eigenvalue weighted by Crippen LogP contribution is -2.30. The van der Waals surface area contributed by atoms with Crippen LogP contribution in [0.2, 0.25) is 5.02 Å². The number of hydrogen-bond donors (Lipinski definition) is 1. The summed E-state index contributed by atoms with van der Waals surface area (Å²) in [6.07, 6.45) is 1.82. The molecule has 2 N–H and O–H groups in total. The lowest BCUT2D eigenvalue weighted by molar-refractivity contribution is -0.119. The highest BCUT2D eigenvalue weighted by Gasteiger charge is 2.21. The van der Waals surface area contributed by atoms with E-state index < -0.39 is 6.04 Å². The molecule has 0 aliphatic carbocycles. The molecular weight excluding hydrogens is 238 g/mol. The molecule has 0 saturated heterocycles. The lowest BCUT2D eigenvalue weighted by atomic mass is 10.00. The molecule has 1 atom stereocenters. The molecule has 0 radical (unpaired) electrons. The van der Waals surface area contributed by atoms with Crippen molar-refractivity contribution < 1.29 is 9.53 Å². The average molecular weight is 254 g/mol. The maximum Gasteiger partial charge on any atom is 0.154 e. The fourth-order valence-corrected chi connectivity index (χ4v) is 2.29. The quantitative estimate of drug-likeness (QED) is 0.894. The first-order valence-electron chi connectivity index (χ1n) is 5.84. The number of halogens is 1. The number of carbonyl (C=O) groups excluding carboxylic acids is 1. The smallest absolute Gasteiger partial charge is 0.154 e. The Balaban J connectivity index is 2.24. The molecule has 3 nitrogen and oxygen atoms in total. The Morgan fingerprint density at radius 3 is 3.06 bits per heavy atom. The minimum absolute atomic E-state index is 0.0347. The Bertz CT molecular complexity index is 445. The van der Waals surface area contributed by atoms with Gasteiger partial charge >= 0.3 is 0 Å². The van der Waals surface area contributed by atoms with Crippen molar-refractivity contribution in [3.8, 4) is 5.75 Å². The molecule has 0 spiro atoms. The third kappa shape index (κ3) is 2.61. The van der Waals surface area contributed by atoms with E-state index in [1.165, 1.54) is 0 Å². The molecular formula is C13H16ClNO2. The highest BCUT2D eigenvalue weighted by Crippen LogP contribution is 2.33. The number of hydrogen-bond acceptors (Lipinski definition) is 3. The van der Waals surface area contributed by atoms with Gasteiger partial charge in [0.15, 0.2) is 5.78 Å². The molecule has 1 aromatic rings. The summed E-state index contributed by atoms with van der Waals surface area (Å²) in [6, 6.07) is 3.30. The van der Waals surface area contributed by atoms with Crippen molar-refractivity contribution in [3.63, 3.8) is 0 Å². The van der Waals surface area contributed by atoms with Gasteiger partial charge in [0.1, 0.15) is 5.75 Å². The highest BCUT2D eigenvalue weighted by molar-refractivity contribution is 6.30. The van der Waals surface area contributed by atoms with Crippen LogP contribution in [0.3, 0.4) is 0 Å². The summed E-state index contributed by atoms with van der Waals surface area (Å²) in [7, 11) is 0.